The standard InChI is InChI=1S/C13H18F2N2O3S/c1-10(17-5-7-20-8-6-17)9-16-21(18,19)13-11(14)3-2-4-12(13)15/h2-4,10,16H,5-9H2,1H3/t10-/m0/s1. The maximum absolute atomic E-state index is 13.5. The Bertz CT molecular complexity index is 569. The first kappa shape index (κ1) is 16.3. The summed E-state index contributed by atoms with van der Waals surface area (Å²) >= 11 is 0. The second-order valence-electron chi connectivity index (χ2n) is 4.90. The molecule has 1 heterocycles. The smallest absolute Gasteiger partial charge is 0.246 e. The molecule has 0 unspecified atom stereocenters. The topological polar surface area (TPSA) is 58.6 Å². The van der Waals surface area contributed by atoms with Gasteiger partial charge in [-0.25, -0.2) is 21.9 Å². The molecule has 1 fully saturated rings. The van der Waals surface area contributed by atoms with E-state index < -0.39 is 26.6 Å². The van der Waals surface area contributed by atoms with Crippen molar-refractivity contribution in [1.82, 2.24) is 9.62 Å². The summed E-state index contributed by atoms with van der Waals surface area (Å²) in [5.41, 5.74) is 0. The van der Waals surface area contributed by atoms with E-state index in [4.69, 9.17) is 4.74 Å². The number of rotatable bonds is 5. The van der Waals surface area contributed by atoms with Crippen LogP contribution in [-0.2, 0) is 14.8 Å². The zero-order chi connectivity index (χ0) is 15.5. The van der Waals surface area contributed by atoms with Gasteiger partial charge in [0.15, 0.2) is 4.90 Å². The van der Waals surface area contributed by atoms with Gasteiger partial charge in [0.1, 0.15) is 11.6 Å². The van der Waals surface area contributed by atoms with Crippen molar-refractivity contribution in [3.63, 3.8) is 0 Å². The molecule has 0 amide bonds. The van der Waals surface area contributed by atoms with Crippen molar-refractivity contribution in [3.8, 4) is 0 Å². The Morgan fingerprint density at radius 2 is 1.86 bits per heavy atom. The summed E-state index contributed by atoms with van der Waals surface area (Å²) in [4.78, 5) is 1.13. The molecule has 0 radical (unpaired) electrons. The largest absolute Gasteiger partial charge is 0.379 e. The highest BCUT2D eigenvalue weighted by Gasteiger charge is 2.25. The van der Waals surface area contributed by atoms with Crippen LogP contribution in [-0.4, -0.2) is 52.2 Å². The molecule has 0 aliphatic carbocycles. The molecular formula is C13H18F2N2O3S. The van der Waals surface area contributed by atoms with Crippen LogP contribution in [0.5, 0.6) is 0 Å². The normalized spacial score (nSPS) is 18.6. The molecule has 0 bridgehead atoms. The highest BCUT2D eigenvalue weighted by molar-refractivity contribution is 7.89. The minimum absolute atomic E-state index is 0.0795. The Labute approximate surface area is 122 Å². The third-order valence-electron chi connectivity index (χ3n) is 3.43. The lowest BCUT2D eigenvalue weighted by molar-refractivity contribution is 0.0213. The van der Waals surface area contributed by atoms with Gasteiger partial charge in [0.05, 0.1) is 13.2 Å². The maximum Gasteiger partial charge on any atom is 0.246 e. The zero-order valence-corrected chi connectivity index (χ0v) is 12.5. The number of nitrogens with one attached hydrogen (secondary N) is 1. The van der Waals surface area contributed by atoms with Crippen LogP contribution in [0.2, 0.25) is 0 Å². The Balaban J connectivity index is 2.04. The second kappa shape index (κ2) is 6.78. The Kier molecular flexibility index (Phi) is 5.26. The summed E-state index contributed by atoms with van der Waals surface area (Å²) in [6.07, 6.45) is 0. The number of benzene rings is 1. The van der Waals surface area contributed by atoms with Gasteiger partial charge in [-0.1, -0.05) is 6.07 Å². The van der Waals surface area contributed by atoms with E-state index in [1.54, 1.807) is 0 Å². The van der Waals surface area contributed by atoms with Gasteiger partial charge in [0, 0.05) is 25.7 Å². The average molecular weight is 320 g/mol. The van der Waals surface area contributed by atoms with E-state index in [-0.39, 0.29) is 12.6 Å². The van der Waals surface area contributed by atoms with Gasteiger partial charge >= 0.3 is 0 Å². The minimum Gasteiger partial charge on any atom is -0.379 e. The molecule has 1 aromatic carbocycles. The fraction of sp³-hybridized carbons (Fsp3) is 0.538. The predicted molar refractivity (Wildman–Crippen MR) is 73.4 cm³/mol. The van der Waals surface area contributed by atoms with E-state index >= 15 is 0 Å². The number of ether oxygens (including phenoxy) is 1. The van der Waals surface area contributed by atoms with E-state index in [2.05, 4.69) is 9.62 Å². The molecule has 1 aromatic rings. The number of morpholine rings is 1. The fourth-order valence-electron chi connectivity index (χ4n) is 2.19. The lowest BCUT2D eigenvalue weighted by Gasteiger charge is -2.32. The number of sulfonamides is 1. The summed E-state index contributed by atoms with van der Waals surface area (Å²) in [6, 6.07) is 2.88. The van der Waals surface area contributed by atoms with Crippen LogP contribution < -0.4 is 4.72 Å². The predicted octanol–water partition coefficient (Wildman–Crippen LogP) is 0.964. The number of halogens is 2. The van der Waals surface area contributed by atoms with Crippen molar-refractivity contribution >= 4 is 10.0 Å². The summed E-state index contributed by atoms with van der Waals surface area (Å²) in [6.45, 7) is 4.54. The highest BCUT2D eigenvalue weighted by atomic mass is 32.2. The molecule has 0 saturated carbocycles. The van der Waals surface area contributed by atoms with Crippen LogP contribution in [0, 0.1) is 11.6 Å². The third-order valence-corrected chi connectivity index (χ3v) is 4.90. The number of hydrogen-bond acceptors (Lipinski definition) is 4. The average Bonchev–Trinajstić information content (AvgIpc) is 2.45. The van der Waals surface area contributed by atoms with Gasteiger partial charge < -0.3 is 4.74 Å². The molecule has 1 aliphatic rings. The van der Waals surface area contributed by atoms with E-state index in [1.165, 1.54) is 0 Å². The van der Waals surface area contributed by atoms with Crippen LogP contribution in [0.4, 0.5) is 8.78 Å². The van der Waals surface area contributed by atoms with E-state index in [0.29, 0.717) is 26.3 Å². The third kappa shape index (κ3) is 3.97. The minimum atomic E-state index is -4.21. The quantitative estimate of drug-likeness (QED) is 0.878. The summed E-state index contributed by atoms with van der Waals surface area (Å²) in [5, 5.41) is 0. The van der Waals surface area contributed by atoms with E-state index in [9.17, 15) is 17.2 Å². The van der Waals surface area contributed by atoms with Crippen molar-refractivity contribution in [3.05, 3.63) is 29.8 Å². The van der Waals surface area contributed by atoms with Crippen molar-refractivity contribution in [2.75, 3.05) is 32.8 Å². The Morgan fingerprint density at radius 1 is 1.29 bits per heavy atom. The molecule has 8 heteroatoms. The van der Waals surface area contributed by atoms with Gasteiger partial charge in [0.2, 0.25) is 10.0 Å². The molecule has 5 nitrogen and oxygen atoms in total. The van der Waals surface area contributed by atoms with Gasteiger partial charge in [-0.3, -0.25) is 4.90 Å². The van der Waals surface area contributed by atoms with Gasteiger partial charge in [-0.15, -0.1) is 0 Å². The molecular weight excluding hydrogens is 302 g/mol. The SMILES string of the molecule is C[C@@H](CNS(=O)(=O)c1c(F)cccc1F)N1CCOCC1. The van der Waals surface area contributed by atoms with Crippen LogP contribution in [0.25, 0.3) is 0 Å². The Hall–Kier alpha value is -1.09. The molecule has 1 aliphatic heterocycles. The molecule has 118 valence electrons. The summed E-state index contributed by atoms with van der Waals surface area (Å²) in [5.74, 6) is -2.19. The molecule has 2 rings (SSSR count). The van der Waals surface area contributed by atoms with Crippen LogP contribution in [0.15, 0.2) is 23.1 Å². The van der Waals surface area contributed by atoms with Crippen LogP contribution in [0.1, 0.15) is 6.92 Å². The molecule has 0 spiro atoms. The highest BCUT2D eigenvalue weighted by Crippen LogP contribution is 2.18. The molecule has 1 saturated heterocycles. The van der Waals surface area contributed by atoms with Crippen molar-refractivity contribution in [2.24, 2.45) is 0 Å². The lowest BCUT2D eigenvalue weighted by atomic mass is 10.2. The molecule has 0 aromatic heterocycles. The van der Waals surface area contributed by atoms with Gasteiger partial charge in [-0.05, 0) is 19.1 Å². The van der Waals surface area contributed by atoms with Crippen LogP contribution in [0.3, 0.4) is 0 Å². The monoisotopic (exact) mass is 320 g/mol. The van der Waals surface area contributed by atoms with Crippen molar-refractivity contribution < 1.29 is 21.9 Å². The number of nitrogens with zero attached hydrogens (tertiary/aromatic N) is 1. The summed E-state index contributed by atoms with van der Waals surface area (Å²) in [7, 11) is -4.21. The fourth-order valence-corrected chi connectivity index (χ4v) is 3.44. The van der Waals surface area contributed by atoms with E-state index in [0.717, 1.165) is 18.2 Å². The molecule has 1 atom stereocenters. The van der Waals surface area contributed by atoms with Crippen molar-refractivity contribution in [1.29, 1.82) is 0 Å². The van der Waals surface area contributed by atoms with Gasteiger partial charge in [0.25, 0.3) is 0 Å². The first-order chi connectivity index (χ1) is 9.92. The molecule has 1 N–H and O–H groups in total. The first-order valence-corrected chi connectivity index (χ1v) is 8.15. The van der Waals surface area contributed by atoms with Crippen molar-refractivity contribution in [2.45, 2.75) is 17.9 Å². The molecule has 21 heavy (non-hydrogen) atoms. The van der Waals surface area contributed by atoms with Gasteiger partial charge in [-0.2, -0.15) is 0 Å². The number of hydrogen-bond donors (Lipinski definition) is 1. The van der Waals surface area contributed by atoms with E-state index in [1.807, 2.05) is 6.92 Å². The zero-order valence-electron chi connectivity index (χ0n) is 11.7. The maximum atomic E-state index is 13.5. The van der Waals surface area contributed by atoms with Crippen LogP contribution >= 0.6 is 0 Å². The Morgan fingerprint density at radius 3 is 2.43 bits per heavy atom. The second-order valence-corrected chi connectivity index (χ2v) is 6.60. The first-order valence-electron chi connectivity index (χ1n) is 6.67. The lowest BCUT2D eigenvalue weighted by Crippen LogP contribution is -2.47. The summed E-state index contributed by atoms with van der Waals surface area (Å²) < 4.78 is 58.6.